The first-order chi connectivity index (χ1) is 7.91. The number of hydrogen-bond acceptors (Lipinski definition) is 2. The Kier molecular flexibility index (Phi) is 3.48. The average Bonchev–Trinajstić information content (AvgIpc) is 2.69. The van der Waals surface area contributed by atoms with Crippen LogP contribution in [0.4, 0.5) is 0 Å². The van der Waals surface area contributed by atoms with Gasteiger partial charge in [-0.05, 0) is 37.0 Å². The molecule has 1 atom stereocenters. The van der Waals surface area contributed by atoms with Gasteiger partial charge in [0.05, 0.1) is 4.90 Å². The van der Waals surface area contributed by atoms with Crippen molar-refractivity contribution in [3.05, 3.63) is 28.8 Å². The Morgan fingerprint density at radius 3 is 2.65 bits per heavy atom. The van der Waals surface area contributed by atoms with E-state index in [2.05, 4.69) is 6.92 Å². The van der Waals surface area contributed by atoms with Crippen LogP contribution >= 0.6 is 11.6 Å². The summed E-state index contributed by atoms with van der Waals surface area (Å²) in [5.74, 6) is 0.436. The number of halogens is 1. The summed E-state index contributed by atoms with van der Waals surface area (Å²) in [6.45, 7) is 5.14. The lowest BCUT2D eigenvalue weighted by molar-refractivity contribution is 0.464. The maximum absolute atomic E-state index is 12.3. The van der Waals surface area contributed by atoms with E-state index in [0.29, 0.717) is 28.9 Å². The highest BCUT2D eigenvalue weighted by Crippen LogP contribution is 2.26. The van der Waals surface area contributed by atoms with Crippen molar-refractivity contribution in [1.82, 2.24) is 4.31 Å². The van der Waals surface area contributed by atoms with Crippen molar-refractivity contribution in [3.8, 4) is 0 Å². The van der Waals surface area contributed by atoms with Crippen molar-refractivity contribution in [3.63, 3.8) is 0 Å². The molecule has 5 heteroatoms. The van der Waals surface area contributed by atoms with Gasteiger partial charge in [0.25, 0.3) is 0 Å². The van der Waals surface area contributed by atoms with Gasteiger partial charge in [-0.15, -0.1) is 0 Å². The summed E-state index contributed by atoms with van der Waals surface area (Å²) in [6, 6.07) is 4.91. The van der Waals surface area contributed by atoms with Crippen molar-refractivity contribution in [2.45, 2.75) is 25.2 Å². The summed E-state index contributed by atoms with van der Waals surface area (Å²) in [5.41, 5.74) is 0.889. The average molecular weight is 274 g/mol. The second kappa shape index (κ2) is 4.59. The normalized spacial score (nSPS) is 21.9. The Bertz CT molecular complexity index is 527. The summed E-state index contributed by atoms with van der Waals surface area (Å²) < 4.78 is 26.2. The Morgan fingerprint density at radius 1 is 1.41 bits per heavy atom. The molecule has 0 aliphatic carbocycles. The van der Waals surface area contributed by atoms with Gasteiger partial charge in [-0.1, -0.05) is 24.6 Å². The van der Waals surface area contributed by atoms with Crippen LogP contribution in [0.3, 0.4) is 0 Å². The van der Waals surface area contributed by atoms with Crippen molar-refractivity contribution in [2.24, 2.45) is 5.92 Å². The number of rotatable bonds is 2. The van der Waals surface area contributed by atoms with Gasteiger partial charge in [0.1, 0.15) is 0 Å². The number of hydrogen-bond donors (Lipinski definition) is 0. The molecule has 1 aliphatic rings. The van der Waals surface area contributed by atoms with Crippen LogP contribution in [0, 0.1) is 12.8 Å². The Balaban J connectivity index is 2.35. The molecule has 17 heavy (non-hydrogen) atoms. The third-order valence-electron chi connectivity index (χ3n) is 3.17. The molecule has 0 unspecified atom stereocenters. The zero-order valence-electron chi connectivity index (χ0n) is 9.98. The number of sulfonamides is 1. The summed E-state index contributed by atoms with van der Waals surface area (Å²) in [7, 11) is -3.36. The second-order valence-corrected chi connectivity index (χ2v) is 7.01. The molecule has 0 spiro atoms. The smallest absolute Gasteiger partial charge is 0.207 e. The van der Waals surface area contributed by atoms with Gasteiger partial charge in [-0.25, -0.2) is 8.42 Å². The minimum atomic E-state index is -3.36. The van der Waals surface area contributed by atoms with Gasteiger partial charge in [0, 0.05) is 18.1 Å². The summed E-state index contributed by atoms with van der Waals surface area (Å²) >= 11 is 5.97. The third-order valence-corrected chi connectivity index (χ3v) is 5.44. The van der Waals surface area contributed by atoms with E-state index in [1.807, 2.05) is 6.92 Å². The minimum absolute atomic E-state index is 0.294. The van der Waals surface area contributed by atoms with Crippen molar-refractivity contribution in [1.29, 1.82) is 0 Å². The lowest BCUT2D eigenvalue weighted by Gasteiger charge is -2.16. The van der Waals surface area contributed by atoms with E-state index in [-0.39, 0.29) is 0 Å². The topological polar surface area (TPSA) is 37.4 Å². The Hall–Kier alpha value is -0.580. The van der Waals surface area contributed by atoms with E-state index < -0.39 is 10.0 Å². The molecule has 1 aromatic rings. The van der Waals surface area contributed by atoms with Crippen LogP contribution in [0.2, 0.25) is 5.02 Å². The van der Waals surface area contributed by atoms with Gasteiger partial charge in [-0.3, -0.25) is 0 Å². The first-order valence-corrected chi connectivity index (χ1v) is 7.49. The molecule has 0 aromatic heterocycles. The second-order valence-electron chi connectivity index (χ2n) is 4.67. The highest BCUT2D eigenvalue weighted by molar-refractivity contribution is 7.89. The fraction of sp³-hybridized carbons (Fsp3) is 0.500. The largest absolute Gasteiger partial charge is 0.243 e. The molecule has 94 valence electrons. The molecule has 0 amide bonds. The maximum atomic E-state index is 12.3. The van der Waals surface area contributed by atoms with Crippen LogP contribution in [0.15, 0.2) is 23.1 Å². The van der Waals surface area contributed by atoms with Gasteiger partial charge in [0.15, 0.2) is 0 Å². The monoisotopic (exact) mass is 273 g/mol. The fourth-order valence-electron chi connectivity index (χ4n) is 2.00. The quantitative estimate of drug-likeness (QED) is 0.831. The van der Waals surface area contributed by atoms with E-state index in [1.165, 1.54) is 6.07 Å². The standard InChI is InChI=1S/C12H16ClNO2S/c1-9-5-6-14(8-9)17(15,16)11-4-3-10(2)12(13)7-11/h3-4,7,9H,5-6,8H2,1-2H3/t9-/m0/s1. The molecule has 0 saturated carbocycles. The first-order valence-electron chi connectivity index (χ1n) is 5.67. The maximum Gasteiger partial charge on any atom is 0.243 e. The molecule has 0 bridgehead atoms. The van der Waals surface area contributed by atoms with Gasteiger partial charge in [-0.2, -0.15) is 4.31 Å². The highest BCUT2D eigenvalue weighted by Gasteiger charge is 2.30. The molecular formula is C12H16ClNO2S. The highest BCUT2D eigenvalue weighted by atomic mass is 35.5. The lowest BCUT2D eigenvalue weighted by atomic mass is 10.2. The van der Waals surface area contributed by atoms with Crippen LogP contribution < -0.4 is 0 Å². The van der Waals surface area contributed by atoms with Gasteiger partial charge >= 0.3 is 0 Å². The van der Waals surface area contributed by atoms with E-state index in [9.17, 15) is 8.42 Å². The lowest BCUT2D eigenvalue weighted by Crippen LogP contribution is -2.28. The van der Waals surface area contributed by atoms with Crippen molar-refractivity contribution >= 4 is 21.6 Å². The van der Waals surface area contributed by atoms with E-state index in [0.717, 1.165) is 12.0 Å². The Labute approximate surface area is 107 Å². The zero-order chi connectivity index (χ0) is 12.6. The van der Waals surface area contributed by atoms with Crippen LogP contribution in [-0.2, 0) is 10.0 Å². The molecule has 0 N–H and O–H groups in total. The van der Waals surface area contributed by atoms with Crippen LogP contribution in [0.5, 0.6) is 0 Å². The van der Waals surface area contributed by atoms with Crippen molar-refractivity contribution < 1.29 is 8.42 Å². The van der Waals surface area contributed by atoms with E-state index >= 15 is 0 Å². The van der Waals surface area contributed by atoms with E-state index in [1.54, 1.807) is 16.4 Å². The Morgan fingerprint density at radius 2 is 2.12 bits per heavy atom. The summed E-state index contributed by atoms with van der Waals surface area (Å²) in [6.07, 6.45) is 0.929. The summed E-state index contributed by atoms with van der Waals surface area (Å²) in [4.78, 5) is 0.294. The van der Waals surface area contributed by atoms with Crippen LogP contribution in [0.1, 0.15) is 18.9 Å². The molecule has 1 fully saturated rings. The molecule has 1 aliphatic heterocycles. The molecule has 2 rings (SSSR count). The SMILES string of the molecule is Cc1ccc(S(=O)(=O)N2CC[C@H](C)C2)cc1Cl. The fourth-order valence-corrected chi connectivity index (χ4v) is 3.84. The molecule has 3 nitrogen and oxygen atoms in total. The minimum Gasteiger partial charge on any atom is -0.207 e. The van der Waals surface area contributed by atoms with E-state index in [4.69, 9.17) is 11.6 Å². The van der Waals surface area contributed by atoms with Crippen LogP contribution in [-0.4, -0.2) is 25.8 Å². The van der Waals surface area contributed by atoms with Gasteiger partial charge in [0.2, 0.25) is 10.0 Å². The number of benzene rings is 1. The predicted octanol–water partition coefficient (Wildman–Crippen LogP) is 2.68. The predicted molar refractivity (Wildman–Crippen MR) is 68.7 cm³/mol. The molecule has 0 radical (unpaired) electrons. The van der Waals surface area contributed by atoms with Gasteiger partial charge < -0.3 is 0 Å². The molecule has 1 heterocycles. The summed E-state index contributed by atoms with van der Waals surface area (Å²) in [5, 5.41) is 0.498. The first kappa shape index (κ1) is 12.9. The zero-order valence-corrected chi connectivity index (χ0v) is 11.6. The van der Waals surface area contributed by atoms with Crippen molar-refractivity contribution in [2.75, 3.05) is 13.1 Å². The third kappa shape index (κ3) is 2.49. The molecule has 1 saturated heterocycles. The molecule has 1 aromatic carbocycles. The molecular weight excluding hydrogens is 258 g/mol. The number of aryl methyl sites for hydroxylation is 1. The number of nitrogens with zero attached hydrogens (tertiary/aromatic N) is 1. The van der Waals surface area contributed by atoms with Crippen LogP contribution in [0.25, 0.3) is 0 Å².